The quantitative estimate of drug-likeness (QED) is 0.0979. The normalized spacial score (nSPS) is 14.0. The summed E-state index contributed by atoms with van der Waals surface area (Å²) in [6.07, 6.45) is 16.0. The molecule has 0 aromatic heterocycles. The Labute approximate surface area is 190 Å². The van der Waals surface area contributed by atoms with Crippen molar-refractivity contribution in [2.24, 2.45) is 5.11 Å². The Morgan fingerprint density at radius 3 is 1.94 bits per heavy atom. The molecule has 0 fully saturated rings. The number of nitrogens with zero attached hydrogens (tertiary/aromatic N) is 3. The molecule has 5 nitrogen and oxygen atoms in total. The third kappa shape index (κ3) is 13.5. The van der Waals surface area contributed by atoms with Crippen molar-refractivity contribution in [1.29, 1.82) is 0 Å². The van der Waals surface area contributed by atoms with Crippen LogP contribution in [0.25, 0.3) is 10.4 Å². The molecule has 1 N–H and O–H groups in total. The highest BCUT2D eigenvalue weighted by Gasteiger charge is 2.26. The lowest BCUT2D eigenvalue weighted by atomic mass is 9.98. The van der Waals surface area contributed by atoms with Crippen LogP contribution in [0.5, 0.6) is 0 Å². The number of aliphatic hydroxyl groups is 1. The number of benzene rings is 1. The molecule has 0 heterocycles. The average Bonchev–Trinajstić information content (AvgIpc) is 2.80. The van der Waals surface area contributed by atoms with Gasteiger partial charge in [0.15, 0.2) is 0 Å². The van der Waals surface area contributed by atoms with Gasteiger partial charge in [0.25, 0.3) is 0 Å². The zero-order valence-corrected chi connectivity index (χ0v) is 19.9. The number of hydrogen-bond donors (Lipinski definition) is 1. The van der Waals surface area contributed by atoms with Gasteiger partial charge in [-0.25, -0.2) is 0 Å². The number of unbranched alkanes of at least 4 members (excludes halogenated alkanes) is 11. The second kappa shape index (κ2) is 19.2. The van der Waals surface area contributed by atoms with E-state index in [4.69, 9.17) is 10.3 Å². The Hall–Kier alpha value is -1.55. The predicted molar refractivity (Wildman–Crippen MR) is 130 cm³/mol. The molecule has 1 aromatic carbocycles. The summed E-state index contributed by atoms with van der Waals surface area (Å²) < 4.78 is 6.09. The van der Waals surface area contributed by atoms with Gasteiger partial charge < -0.3 is 9.84 Å². The number of rotatable bonds is 20. The Kier molecular flexibility index (Phi) is 17.0. The van der Waals surface area contributed by atoms with E-state index in [-0.39, 0.29) is 6.10 Å². The molecular weight excluding hydrogens is 386 g/mol. The van der Waals surface area contributed by atoms with Crippen LogP contribution < -0.4 is 0 Å². The summed E-state index contributed by atoms with van der Waals surface area (Å²) in [7, 11) is 0. The summed E-state index contributed by atoms with van der Waals surface area (Å²) in [4.78, 5) is 2.90. The second-order valence-electron chi connectivity index (χ2n) is 8.68. The maximum absolute atomic E-state index is 10.8. The van der Waals surface area contributed by atoms with Crippen molar-refractivity contribution in [1.82, 2.24) is 0 Å². The van der Waals surface area contributed by atoms with Gasteiger partial charge in [-0.2, -0.15) is 0 Å². The standard InChI is InChI=1S/C26H45N3O2/c1-3-5-6-7-8-9-10-11-12-13-14-18-21-25(26(30)24(4-2)28-29-27)31-22-23-19-16-15-17-20-23/h15-17,19-20,24-26,30H,3-14,18,21-22H2,1-2H3/t24-,25+,26-/m0/s1. The lowest BCUT2D eigenvalue weighted by molar-refractivity contribution is -0.0602. The minimum atomic E-state index is -0.766. The van der Waals surface area contributed by atoms with E-state index in [0.29, 0.717) is 13.0 Å². The fraction of sp³-hybridized carbons (Fsp3) is 0.769. The lowest BCUT2D eigenvalue weighted by Crippen LogP contribution is -2.37. The molecule has 0 saturated carbocycles. The van der Waals surface area contributed by atoms with Crippen LogP contribution in [0.3, 0.4) is 0 Å². The first-order chi connectivity index (χ1) is 15.2. The molecule has 0 aliphatic carbocycles. The number of ether oxygens (including phenoxy) is 1. The van der Waals surface area contributed by atoms with E-state index in [9.17, 15) is 5.11 Å². The summed E-state index contributed by atoms with van der Waals surface area (Å²) in [5, 5.41) is 14.5. The summed E-state index contributed by atoms with van der Waals surface area (Å²) in [6.45, 7) is 4.66. The maximum Gasteiger partial charge on any atom is 0.0886 e. The first-order valence-electron chi connectivity index (χ1n) is 12.6. The Morgan fingerprint density at radius 1 is 0.871 bits per heavy atom. The van der Waals surface area contributed by atoms with Crippen LogP contribution >= 0.6 is 0 Å². The average molecular weight is 432 g/mol. The van der Waals surface area contributed by atoms with Gasteiger partial charge in [0.2, 0.25) is 0 Å². The van der Waals surface area contributed by atoms with E-state index < -0.39 is 12.1 Å². The van der Waals surface area contributed by atoms with Gasteiger partial charge >= 0.3 is 0 Å². The summed E-state index contributed by atoms with van der Waals surface area (Å²) in [5.74, 6) is 0. The second-order valence-corrected chi connectivity index (χ2v) is 8.68. The minimum Gasteiger partial charge on any atom is -0.390 e. The van der Waals surface area contributed by atoms with Crippen LogP contribution in [0.2, 0.25) is 0 Å². The van der Waals surface area contributed by atoms with Crippen LogP contribution in [0.15, 0.2) is 35.4 Å². The molecule has 0 bridgehead atoms. The monoisotopic (exact) mass is 431 g/mol. The first-order valence-corrected chi connectivity index (χ1v) is 12.6. The molecule has 176 valence electrons. The lowest BCUT2D eigenvalue weighted by Gasteiger charge is -2.27. The maximum atomic E-state index is 10.8. The smallest absolute Gasteiger partial charge is 0.0886 e. The Balaban J connectivity index is 2.29. The molecular formula is C26H45N3O2. The van der Waals surface area contributed by atoms with Crippen molar-refractivity contribution in [3.05, 3.63) is 46.3 Å². The van der Waals surface area contributed by atoms with E-state index in [1.54, 1.807) is 0 Å². The highest BCUT2D eigenvalue weighted by atomic mass is 16.5. The molecule has 5 heteroatoms. The largest absolute Gasteiger partial charge is 0.390 e. The molecule has 0 amide bonds. The highest BCUT2D eigenvalue weighted by Crippen LogP contribution is 2.20. The molecule has 0 spiro atoms. The molecule has 1 aromatic rings. The zero-order valence-electron chi connectivity index (χ0n) is 19.9. The van der Waals surface area contributed by atoms with Crippen molar-refractivity contribution in [2.45, 2.75) is 129 Å². The van der Waals surface area contributed by atoms with Gasteiger partial charge in [0.05, 0.1) is 24.9 Å². The van der Waals surface area contributed by atoms with Crippen molar-refractivity contribution in [3.8, 4) is 0 Å². The molecule has 1 rings (SSSR count). The molecule has 0 unspecified atom stereocenters. The Bertz CT molecular complexity index is 575. The predicted octanol–water partition coefficient (Wildman–Crippen LogP) is 8.11. The van der Waals surface area contributed by atoms with Gasteiger partial charge in [-0.1, -0.05) is 126 Å². The third-order valence-electron chi connectivity index (χ3n) is 6.04. The van der Waals surface area contributed by atoms with E-state index in [1.807, 2.05) is 37.3 Å². The molecule has 3 atom stereocenters. The fourth-order valence-corrected chi connectivity index (χ4v) is 4.02. The Morgan fingerprint density at radius 2 is 1.42 bits per heavy atom. The van der Waals surface area contributed by atoms with Crippen molar-refractivity contribution >= 4 is 0 Å². The van der Waals surface area contributed by atoms with Gasteiger partial charge in [-0.15, -0.1) is 0 Å². The SMILES string of the molecule is CCCCCCCCCCCCCC[C@@H](OCc1ccccc1)[C@@H](O)[C@H](CC)N=[N+]=[N-]. The third-order valence-corrected chi connectivity index (χ3v) is 6.04. The zero-order chi connectivity index (χ0) is 22.6. The van der Waals surface area contributed by atoms with E-state index >= 15 is 0 Å². The van der Waals surface area contributed by atoms with Crippen LogP contribution in [-0.2, 0) is 11.3 Å². The summed E-state index contributed by atoms with van der Waals surface area (Å²) in [5.41, 5.74) is 9.89. The van der Waals surface area contributed by atoms with Crippen LogP contribution in [0.1, 0.15) is 109 Å². The van der Waals surface area contributed by atoms with Gasteiger partial charge in [0, 0.05) is 4.91 Å². The van der Waals surface area contributed by atoms with Gasteiger partial charge in [-0.05, 0) is 23.9 Å². The van der Waals surface area contributed by atoms with Crippen LogP contribution in [0.4, 0.5) is 0 Å². The summed E-state index contributed by atoms with van der Waals surface area (Å²) >= 11 is 0. The topological polar surface area (TPSA) is 78.2 Å². The van der Waals surface area contributed by atoms with Crippen molar-refractivity contribution in [3.63, 3.8) is 0 Å². The molecule has 0 aliphatic rings. The number of aliphatic hydroxyl groups excluding tert-OH is 1. The fourth-order valence-electron chi connectivity index (χ4n) is 4.02. The first kappa shape index (κ1) is 27.5. The van der Waals surface area contributed by atoms with Gasteiger partial charge in [0.1, 0.15) is 0 Å². The van der Waals surface area contributed by atoms with Crippen molar-refractivity contribution in [2.75, 3.05) is 0 Å². The van der Waals surface area contributed by atoms with Crippen molar-refractivity contribution < 1.29 is 9.84 Å². The summed E-state index contributed by atoms with van der Waals surface area (Å²) in [6, 6.07) is 9.57. The molecule has 0 saturated heterocycles. The number of hydrogen-bond acceptors (Lipinski definition) is 3. The van der Waals surface area contributed by atoms with Gasteiger partial charge in [-0.3, -0.25) is 0 Å². The van der Waals surface area contributed by atoms with Crippen LogP contribution in [-0.4, -0.2) is 23.4 Å². The minimum absolute atomic E-state index is 0.307. The van der Waals surface area contributed by atoms with E-state index in [0.717, 1.165) is 24.8 Å². The van der Waals surface area contributed by atoms with E-state index in [2.05, 4.69) is 16.9 Å². The molecule has 0 aliphatic heterocycles. The number of azide groups is 1. The highest BCUT2D eigenvalue weighted by molar-refractivity contribution is 5.13. The molecule has 0 radical (unpaired) electrons. The van der Waals surface area contributed by atoms with Crippen LogP contribution in [0, 0.1) is 0 Å². The molecule has 31 heavy (non-hydrogen) atoms. The van der Waals surface area contributed by atoms with E-state index in [1.165, 1.54) is 64.2 Å².